The Kier molecular flexibility index (Phi) is 14.6. The van der Waals surface area contributed by atoms with Crippen molar-refractivity contribution in [3.63, 3.8) is 0 Å². The predicted octanol–water partition coefficient (Wildman–Crippen LogP) is 5.69. The summed E-state index contributed by atoms with van der Waals surface area (Å²) in [6, 6.07) is 12.9. The van der Waals surface area contributed by atoms with Crippen LogP contribution in [0, 0.1) is 0 Å². The maximum absolute atomic E-state index is 11.1. The van der Waals surface area contributed by atoms with Crippen LogP contribution in [0.5, 0.6) is 11.5 Å². The topological polar surface area (TPSA) is 125 Å². The first-order valence-electron chi connectivity index (χ1n) is 11.7. The molecule has 217 valence electrons. The van der Waals surface area contributed by atoms with Crippen molar-refractivity contribution < 1.29 is 19.1 Å². The molecule has 11 nitrogen and oxygen atoms in total. The van der Waals surface area contributed by atoms with Gasteiger partial charge in [0.05, 0.1) is 36.3 Å². The number of benzene rings is 2. The number of hydrogen-bond acceptors (Lipinski definition) is 8. The van der Waals surface area contributed by atoms with E-state index in [2.05, 4.69) is 61.5 Å². The minimum absolute atomic E-state index is 0. The summed E-state index contributed by atoms with van der Waals surface area (Å²) in [6.45, 7) is 2.96. The monoisotopic (exact) mass is 642 g/mol. The molecule has 0 spiro atoms. The number of methoxy groups -OCH3 is 2. The zero-order valence-electron chi connectivity index (χ0n) is 23.0. The molecule has 4 aromatic rings. The molecule has 0 fully saturated rings. The quantitative estimate of drug-likeness (QED) is 0.183. The second-order valence-electron chi connectivity index (χ2n) is 8.11. The third-order valence-electron chi connectivity index (χ3n) is 5.29. The van der Waals surface area contributed by atoms with Crippen LogP contribution in [0.4, 0.5) is 11.4 Å². The van der Waals surface area contributed by atoms with Crippen molar-refractivity contribution in [1.82, 2.24) is 19.6 Å². The van der Waals surface area contributed by atoms with E-state index in [9.17, 15) is 9.59 Å². The summed E-state index contributed by atoms with van der Waals surface area (Å²) in [6.07, 6.45) is 3.44. The van der Waals surface area contributed by atoms with Gasteiger partial charge in [-0.15, -0.1) is 0 Å². The van der Waals surface area contributed by atoms with Crippen LogP contribution in [0.2, 0.25) is 0 Å². The van der Waals surface area contributed by atoms with E-state index in [1.54, 1.807) is 48.1 Å². The van der Waals surface area contributed by atoms with Gasteiger partial charge < -0.3 is 20.1 Å². The van der Waals surface area contributed by atoms with Crippen LogP contribution in [-0.2, 0) is 23.7 Å². The van der Waals surface area contributed by atoms with E-state index in [1.165, 1.54) is 13.8 Å². The number of carbonyl (C=O) groups excluding carboxylic acids is 2. The molecule has 4 rings (SSSR count). The minimum atomic E-state index is -0.111. The first-order valence-corrected chi connectivity index (χ1v) is 12.9. The standard InChI is InChI=1S/C13H14BrN3O2.C13H15N3O2.CH4.BHNS/c1-8(18)16-9-4-5-12(19-3)10(6-9)13-11(14)7-15-17(13)2;1-9(17)15-10-4-5-13(18-3)11(8-10)12-6-7-14-16(12)2;;1-2-3/h4-7H,1-3H3,(H,16,18);4-8H,1-3H3,(H,15,17);1H4;3H. The van der Waals surface area contributed by atoms with Gasteiger partial charge in [-0.25, -0.2) is 0 Å². The van der Waals surface area contributed by atoms with E-state index in [0.29, 0.717) is 0 Å². The molecule has 2 heterocycles. The van der Waals surface area contributed by atoms with Crippen molar-refractivity contribution >= 4 is 59.6 Å². The summed E-state index contributed by atoms with van der Waals surface area (Å²) in [5.41, 5.74) is 5.03. The van der Waals surface area contributed by atoms with Gasteiger partial charge in [-0.2, -0.15) is 10.2 Å². The molecule has 41 heavy (non-hydrogen) atoms. The second kappa shape index (κ2) is 17.0. The van der Waals surface area contributed by atoms with E-state index < -0.39 is 0 Å². The maximum atomic E-state index is 11.1. The number of nitrogens with zero attached hydrogens (tertiary/aromatic N) is 5. The van der Waals surface area contributed by atoms with Crippen LogP contribution >= 0.6 is 28.7 Å². The average Bonchev–Trinajstić information content (AvgIpc) is 3.48. The Morgan fingerprint density at radius 1 is 0.902 bits per heavy atom. The zero-order valence-corrected chi connectivity index (χ0v) is 25.4. The summed E-state index contributed by atoms with van der Waals surface area (Å²) >= 11 is 6.66. The van der Waals surface area contributed by atoms with Gasteiger partial charge in [-0.05, 0) is 58.4 Å². The fourth-order valence-electron chi connectivity index (χ4n) is 3.72. The van der Waals surface area contributed by atoms with Gasteiger partial charge >= 0.3 is 24.8 Å². The summed E-state index contributed by atoms with van der Waals surface area (Å²) in [7, 11) is 11.3. The van der Waals surface area contributed by atoms with E-state index >= 15 is 0 Å². The van der Waals surface area contributed by atoms with Gasteiger partial charge in [0.2, 0.25) is 11.8 Å². The number of thiol groups is 1. The number of halogens is 1. The van der Waals surface area contributed by atoms with Crippen molar-refractivity contribution in [3.8, 4) is 34.0 Å². The van der Waals surface area contributed by atoms with Gasteiger partial charge in [-0.3, -0.25) is 19.0 Å². The predicted molar refractivity (Wildman–Crippen MR) is 171 cm³/mol. The fourth-order valence-corrected chi connectivity index (χ4v) is 4.28. The van der Waals surface area contributed by atoms with Crippen molar-refractivity contribution in [2.24, 2.45) is 18.4 Å². The number of aryl methyl sites for hydroxylation is 2. The molecule has 0 atom stereocenters. The van der Waals surface area contributed by atoms with Crippen LogP contribution in [0.3, 0.4) is 0 Å². The Hall–Kier alpha value is -3.91. The Bertz CT molecular complexity index is 1460. The molecular formula is C27H34BBrN7O4S. The Morgan fingerprint density at radius 2 is 1.39 bits per heavy atom. The van der Waals surface area contributed by atoms with E-state index in [-0.39, 0.29) is 19.2 Å². The summed E-state index contributed by atoms with van der Waals surface area (Å²) in [5, 5.41) is 13.8. The van der Waals surface area contributed by atoms with Crippen LogP contribution < -0.4 is 20.1 Å². The fraction of sp³-hybridized carbons (Fsp3) is 0.259. The van der Waals surface area contributed by atoms with Gasteiger partial charge in [0.25, 0.3) is 0 Å². The third-order valence-corrected chi connectivity index (χ3v) is 5.87. The third kappa shape index (κ3) is 9.90. The van der Waals surface area contributed by atoms with Gasteiger partial charge in [0.15, 0.2) is 0 Å². The van der Waals surface area contributed by atoms with Crippen LogP contribution in [0.25, 0.3) is 22.5 Å². The van der Waals surface area contributed by atoms with Gasteiger partial charge in [-0.1, -0.05) is 7.43 Å². The number of ether oxygens (including phenoxy) is 2. The second-order valence-corrected chi connectivity index (χ2v) is 9.20. The molecule has 0 unspecified atom stereocenters. The zero-order chi connectivity index (χ0) is 29.8. The summed E-state index contributed by atoms with van der Waals surface area (Å²) < 4.78 is 17.8. The van der Waals surface area contributed by atoms with E-state index in [1.807, 2.05) is 44.4 Å². The van der Waals surface area contributed by atoms with E-state index in [4.69, 9.17) is 9.47 Å². The molecule has 0 saturated carbocycles. The molecular weight excluding hydrogens is 609 g/mol. The molecule has 2 aromatic carbocycles. The summed E-state index contributed by atoms with van der Waals surface area (Å²) in [4.78, 5) is 22.2. The molecule has 0 aliphatic heterocycles. The molecule has 0 aliphatic carbocycles. The number of aromatic nitrogens is 4. The molecule has 0 bridgehead atoms. The van der Waals surface area contributed by atoms with Gasteiger partial charge in [0.1, 0.15) is 11.5 Å². The first-order chi connectivity index (χ1) is 19.1. The Labute approximate surface area is 255 Å². The van der Waals surface area contributed by atoms with E-state index in [0.717, 1.165) is 49.9 Å². The molecule has 2 N–H and O–H groups in total. The molecule has 0 saturated heterocycles. The number of carbonyl (C=O) groups is 2. The van der Waals surface area contributed by atoms with Crippen LogP contribution in [0.15, 0.2) is 63.6 Å². The molecule has 2 amide bonds. The van der Waals surface area contributed by atoms with Crippen molar-refractivity contribution in [1.29, 1.82) is 0 Å². The van der Waals surface area contributed by atoms with Gasteiger partial charge in [0, 0.05) is 56.6 Å². The number of nitrogens with one attached hydrogen (secondary N) is 2. The van der Waals surface area contributed by atoms with Crippen molar-refractivity contribution in [3.05, 3.63) is 59.3 Å². The number of rotatable bonds is 6. The normalized spacial score (nSPS) is 9.54. The summed E-state index contributed by atoms with van der Waals surface area (Å²) in [5.74, 6) is 1.25. The molecule has 2 aromatic heterocycles. The Balaban J connectivity index is 0.000000367. The Morgan fingerprint density at radius 3 is 1.78 bits per heavy atom. The van der Waals surface area contributed by atoms with Crippen molar-refractivity contribution in [2.45, 2.75) is 21.3 Å². The average molecular weight is 643 g/mol. The van der Waals surface area contributed by atoms with Crippen LogP contribution in [-0.4, -0.2) is 53.2 Å². The number of anilines is 2. The number of amides is 2. The number of hydrogen-bond donors (Lipinski definition) is 3. The molecule has 14 heteroatoms. The van der Waals surface area contributed by atoms with Crippen LogP contribution in [0.1, 0.15) is 21.3 Å². The molecule has 0 aliphatic rings. The molecule has 1 radical (unpaired) electrons. The van der Waals surface area contributed by atoms with Crippen molar-refractivity contribution in [2.75, 3.05) is 24.9 Å². The first kappa shape index (κ1) is 35.1. The SMILES string of the molecule is C.COc1ccc(NC(C)=O)cc1-c1c(Br)cnn1C.COc1ccc(NC(C)=O)cc1-c1ccnn1C.[B]=NS.